The van der Waals surface area contributed by atoms with Gasteiger partial charge in [0.25, 0.3) is 0 Å². The first-order valence-electron chi connectivity index (χ1n) is 10.4. The molecular weight excluding hydrogens is 368 g/mol. The number of hydrogen-bond donors (Lipinski definition) is 0. The maximum Gasteiger partial charge on any atom is 0.155 e. The van der Waals surface area contributed by atoms with Crippen LogP contribution >= 0.6 is 0 Å². The third-order valence-corrected chi connectivity index (χ3v) is 8.99. The quantitative estimate of drug-likeness (QED) is 0.656. The van der Waals surface area contributed by atoms with Gasteiger partial charge in [0.15, 0.2) is 9.84 Å². The first-order chi connectivity index (χ1) is 13.2. The number of aryl methyl sites for hydroxylation is 1. The summed E-state index contributed by atoms with van der Waals surface area (Å²) in [5.74, 6) is 0.896. The monoisotopic (exact) mass is 400 g/mol. The molecule has 0 aromatic heterocycles. The summed E-state index contributed by atoms with van der Waals surface area (Å²) in [5, 5.41) is 2.45. The van der Waals surface area contributed by atoms with Crippen LogP contribution in [0.2, 0.25) is 0 Å². The van der Waals surface area contributed by atoms with E-state index >= 15 is 0 Å². The van der Waals surface area contributed by atoms with Crippen LogP contribution in [-0.2, 0) is 21.1 Å². The minimum Gasteiger partial charge on any atom is -0.299 e. The maximum atomic E-state index is 12.7. The van der Waals surface area contributed by atoms with E-state index in [1.807, 2.05) is 12.1 Å². The second-order valence-corrected chi connectivity index (χ2v) is 12.0. The van der Waals surface area contributed by atoms with Gasteiger partial charge in [0.1, 0.15) is 5.78 Å². The molecule has 3 rings (SSSR count). The minimum absolute atomic E-state index is 0.101. The number of sulfone groups is 1. The highest BCUT2D eigenvalue weighted by molar-refractivity contribution is 7.92. The van der Waals surface area contributed by atoms with E-state index < -0.39 is 14.6 Å². The van der Waals surface area contributed by atoms with Crippen molar-refractivity contribution in [1.82, 2.24) is 0 Å². The number of carbonyl (C=O) groups excluding carboxylic acids is 1. The van der Waals surface area contributed by atoms with Gasteiger partial charge in [-0.3, -0.25) is 4.79 Å². The lowest BCUT2D eigenvalue weighted by atomic mass is 9.79. The summed E-state index contributed by atoms with van der Waals surface area (Å²) in [6.07, 6.45) is 4.71. The van der Waals surface area contributed by atoms with Crippen molar-refractivity contribution >= 4 is 26.4 Å². The Balaban J connectivity index is 1.53. The lowest BCUT2D eigenvalue weighted by molar-refractivity contribution is -0.124. The number of Topliss-reactive ketones (excluding diaryl/α,β-unsaturated/α-hetero) is 1. The van der Waals surface area contributed by atoms with Crippen molar-refractivity contribution in [3.05, 3.63) is 48.0 Å². The summed E-state index contributed by atoms with van der Waals surface area (Å²) in [7, 11) is -3.09. The topological polar surface area (TPSA) is 51.2 Å². The van der Waals surface area contributed by atoms with Crippen molar-refractivity contribution < 1.29 is 13.2 Å². The highest BCUT2D eigenvalue weighted by Gasteiger charge is 2.34. The second-order valence-electron chi connectivity index (χ2n) is 9.22. The molecule has 0 heterocycles. The van der Waals surface area contributed by atoms with Crippen molar-refractivity contribution in [2.45, 2.75) is 64.0 Å². The van der Waals surface area contributed by atoms with Gasteiger partial charge in [-0.1, -0.05) is 42.5 Å². The zero-order chi connectivity index (χ0) is 20.4. The molecule has 2 aromatic carbocycles. The van der Waals surface area contributed by atoms with Crippen molar-refractivity contribution in [3.8, 4) is 0 Å². The van der Waals surface area contributed by atoms with Gasteiger partial charge in [0, 0.05) is 12.3 Å². The molecule has 28 heavy (non-hydrogen) atoms. The molecule has 0 atom stereocenters. The molecule has 4 heteroatoms. The Morgan fingerprint density at radius 1 is 0.964 bits per heavy atom. The molecule has 1 fully saturated rings. The predicted octanol–water partition coefficient (Wildman–Crippen LogP) is 5.36. The van der Waals surface area contributed by atoms with E-state index in [0.29, 0.717) is 12.2 Å². The van der Waals surface area contributed by atoms with Crippen molar-refractivity contribution in [2.75, 3.05) is 5.75 Å². The third-order valence-electron chi connectivity index (χ3n) is 6.21. The van der Waals surface area contributed by atoms with Gasteiger partial charge < -0.3 is 0 Å². The molecule has 0 N–H and O–H groups in total. The van der Waals surface area contributed by atoms with Crippen LogP contribution in [0.3, 0.4) is 0 Å². The van der Waals surface area contributed by atoms with Crippen LogP contribution in [0.4, 0.5) is 0 Å². The molecule has 1 saturated carbocycles. The van der Waals surface area contributed by atoms with Crippen LogP contribution in [0.5, 0.6) is 0 Å². The summed E-state index contributed by atoms with van der Waals surface area (Å²) in [6.45, 7) is 5.31. The van der Waals surface area contributed by atoms with Crippen LogP contribution < -0.4 is 0 Å². The average molecular weight is 401 g/mol. The van der Waals surface area contributed by atoms with Gasteiger partial charge in [0.2, 0.25) is 0 Å². The summed E-state index contributed by atoms with van der Waals surface area (Å²) >= 11 is 0. The number of carbonyl (C=O) groups is 1. The molecule has 0 unspecified atom stereocenters. The second kappa shape index (κ2) is 8.36. The predicted molar refractivity (Wildman–Crippen MR) is 116 cm³/mol. The van der Waals surface area contributed by atoms with E-state index in [0.717, 1.165) is 32.1 Å². The summed E-state index contributed by atoms with van der Waals surface area (Å²) in [4.78, 5) is 12.7. The van der Waals surface area contributed by atoms with Crippen LogP contribution in [0.25, 0.3) is 10.8 Å². The normalized spacial score (nSPS) is 21.0. The van der Waals surface area contributed by atoms with E-state index in [1.165, 1.54) is 16.3 Å². The fourth-order valence-corrected chi connectivity index (χ4v) is 5.64. The van der Waals surface area contributed by atoms with E-state index in [2.05, 4.69) is 30.3 Å². The number of ketones is 1. The van der Waals surface area contributed by atoms with E-state index in [-0.39, 0.29) is 17.6 Å². The first-order valence-corrected chi connectivity index (χ1v) is 12.0. The Bertz CT molecular complexity index is 924. The van der Waals surface area contributed by atoms with Gasteiger partial charge in [-0.05, 0) is 75.1 Å². The Labute approximate surface area is 169 Å². The summed E-state index contributed by atoms with van der Waals surface area (Å²) in [5.41, 5.74) is 1.23. The minimum atomic E-state index is -3.09. The SMILES string of the molecule is CC(C)(C)S(=O)(=O)CC1CCC(C(=O)CCc2cccc3ccccc23)CC1. The summed E-state index contributed by atoms with van der Waals surface area (Å²) in [6, 6.07) is 14.6. The van der Waals surface area contributed by atoms with Gasteiger partial charge in [0.05, 0.1) is 10.5 Å². The van der Waals surface area contributed by atoms with Crippen LogP contribution in [0.15, 0.2) is 42.5 Å². The van der Waals surface area contributed by atoms with Crippen molar-refractivity contribution in [2.24, 2.45) is 11.8 Å². The van der Waals surface area contributed by atoms with E-state index in [4.69, 9.17) is 0 Å². The molecule has 152 valence electrons. The molecule has 1 aliphatic rings. The highest BCUT2D eigenvalue weighted by Crippen LogP contribution is 2.33. The maximum absolute atomic E-state index is 12.7. The van der Waals surface area contributed by atoms with Gasteiger partial charge in [-0.25, -0.2) is 8.42 Å². The molecule has 0 saturated heterocycles. The molecule has 0 radical (unpaired) electrons. The fourth-order valence-electron chi connectivity index (χ4n) is 4.18. The smallest absolute Gasteiger partial charge is 0.155 e. The number of fused-ring (bicyclic) bond motifs is 1. The number of benzene rings is 2. The standard InChI is InChI=1S/C24H32O3S/c1-24(2,3)28(26,27)17-18-11-13-21(14-12-18)23(25)16-15-20-9-6-8-19-7-4-5-10-22(19)20/h4-10,18,21H,11-17H2,1-3H3. The molecule has 2 aromatic rings. The highest BCUT2D eigenvalue weighted by atomic mass is 32.2. The molecule has 3 nitrogen and oxygen atoms in total. The lowest BCUT2D eigenvalue weighted by Crippen LogP contribution is -2.35. The molecular formula is C24H32O3S. The Kier molecular flexibility index (Phi) is 6.28. The van der Waals surface area contributed by atoms with Crippen LogP contribution in [0, 0.1) is 11.8 Å². The fraction of sp³-hybridized carbons (Fsp3) is 0.542. The van der Waals surface area contributed by atoms with Crippen LogP contribution in [0.1, 0.15) is 58.4 Å². The Hall–Kier alpha value is -1.68. The first kappa shape index (κ1) is 21.0. The largest absolute Gasteiger partial charge is 0.299 e. The van der Waals surface area contributed by atoms with Gasteiger partial charge in [-0.2, -0.15) is 0 Å². The van der Waals surface area contributed by atoms with E-state index in [1.54, 1.807) is 20.8 Å². The Morgan fingerprint density at radius 3 is 2.29 bits per heavy atom. The number of rotatable bonds is 6. The van der Waals surface area contributed by atoms with Crippen molar-refractivity contribution in [3.63, 3.8) is 0 Å². The molecule has 0 spiro atoms. The molecule has 0 aliphatic heterocycles. The average Bonchev–Trinajstić information content (AvgIpc) is 2.65. The van der Waals surface area contributed by atoms with Gasteiger partial charge in [-0.15, -0.1) is 0 Å². The Morgan fingerprint density at radius 2 is 1.61 bits per heavy atom. The zero-order valence-corrected chi connectivity index (χ0v) is 18.1. The van der Waals surface area contributed by atoms with Gasteiger partial charge >= 0.3 is 0 Å². The van der Waals surface area contributed by atoms with Crippen LogP contribution in [-0.4, -0.2) is 24.7 Å². The lowest BCUT2D eigenvalue weighted by Gasteiger charge is -2.30. The van der Waals surface area contributed by atoms with E-state index in [9.17, 15) is 13.2 Å². The third kappa shape index (κ3) is 4.83. The zero-order valence-electron chi connectivity index (χ0n) is 17.3. The van der Waals surface area contributed by atoms with Crippen molar-refractivity contribution in [1.29, 1.82) is 0 Å². The summed E-state index contributed by atoms with van der Waals surface area (Å²) < 4.78 is 24.2. The molecule has 1 aliphatic carbocycles. The molecule has 0 bridgehead atoms. The number of hydrogen-bond acceptors (Lipinski definition) is 3. The molecule has 0 amide bonds.